The maximum absolute atomic E-state index is 11.5. The Kier molecular flexibility index (Phi) is 5.37. The maximum atomic E-state index is 11.5. The van der Waals surface area contributed by atoms with Gasteiger partial charge in [-0.05, 0) is 19.8 Å². The lowest BCUT2D eigenvalue weighted by Crippen LogP contribution is -2.50. The van der Waals surface area contributed by atoms with Gasteiger partial charge in [-0.1, -0.05) is 13.8 Å². The highest BCUT2D eigenvalue weighted by Gasteiger charge is 2.27. The predicted molar refractivity (Wildman–Crippen MR) is 61.2 cm³/mol. The summed E-state index contributed by atoms with van der Waals surface area (Å²) in [6.45, 7) is 7.12. The molecule has 7 heteroatoms. The lowest BCUT2D eigenvalue weighted by atomic mass is 10.0. The fraction of sp³-hybridized carbons (Fsp3) is 0.889. The third-order valence-corrected chi connectivity index (χ3v) is 3.05. The summed E-state index contributed by atoms with van der Waals surface area (Å²) in [5.41, 5.74) is -1.01. The summed E-state index contributed by atoms with van der Waals surface area (Å²) in [5.74, 6) is -0.851. The zero-order valence-corrected chi connectivity index (χ0v) is 10.9. The van der Waals surface area contributed by atoms with Crippen LogP contribution in [0, 0.1) is 5.92 Å². The fourth-order valence-corrected chi connectivity index (χ4v) is 2.51. The van der Waals surface area contributed by atoms with Crippen LogP contribution >= 0.6 is 0 Å². The zero-order valence-electron chi connectivity index (χ0n) is 10.1. The van der Waals surface area contributed by atoms with Crippen molar-refractivity contribution in [3.63, 3.8) is 0 Å². The van der Waals surface area contributed by atoms with E-state index in [0.29, 0.717) is 6.54 Å². The molecule has 0 aliphatic rings. The van der Waals surface area contributed by atoms with Gasteiger partial charge in [0.2, 0.25) is 0 Å². The summed E-state index contributed by atoms with van der Waals surface area (Å²) >= 11 is 0. The van der Waals surface area contributed by atoms with E-state index < -0.39 is 21.7 Å². The lowest BCUT2D eigenvalue weighted by Gasteiger charge is -2.24. The summed E-state index contributed by atoms with van der Waals surface area (Å²) in [7, 11) is -3.64. The molecule has 0 aromatic heterocycles. The van der Waals surface area contributed by atoms with Gasteiger partial charge in [-0.2, -0.15) is 13.1 Å². The van der Waals surface area contributed by atoms with E-state index in [9.17, 15) is 13.2 Å². The van der Waals surface area contributed by atoms with Gasteiger partial charge in [0.05, 0.1) is 6.42 Å². The molecule has 0 fully saturated rings. The molecule has 0 saturated heterocycles. The van der Waals surface area contributed by atoms with Crippen molar-refractivity contribution in [3.8, 4) is 0 Å². The Morgan fingerprint density at radius 2 is 1.88 bits per heavy atom. The SMILES string of the molecule is CC(C)CNS(=O)(=O)NC(C)(C)CC(=O)O. The Hall–Kier alpha value is -0.660. The van der Waals surface area contributed by atoms with Crippen LogP contribution in [-0.2, 0) is 15.0 Å². The van der Waals surface area contributed by atoms with Crippen LogP contribution in [0.4, 0.5) is 0 Å². The Bertz CT molecular complexity index is 335. The third-order valence-electron chi connectivity index (χ3n) is 1.69. The van der Waals surface area contributed by atoms with Crippen LogP contribution in [0.3, 0.4) is 0 Å². The number of carboxylic acids is 1. The lowest BCUT2D eigenvalue weighted by molar-refractivity contribution is -0.138. The average Bonchev–Trinajstić information content (AvgIpc) is 1.95. The van der Waals surface area contributed by atoms with E-state index in [0.717, 1.165) is 0 Å². The molecule has 0 spiro atoms. The number of aliphatic carboxylic acids is 1. The smallest absolute Gasteiger partial charge is 0.305 e. The largest absolute Gasteiger partial charge is 0.481 e. The van der Waals surface area contributed by atoms with E-state index in [2.05, 4.69) is 9.44 Å². The summed E-state index contributed by atoms with van der Waals surface area (Å²) in [6, 6.07) is 0. The van der Waals surface area contributed by atoms with Gasteiger partial charge in [0.15, 0.2) is 0 Å². The van der Waals surface area contributed by atoms with Crippen molar-refractivity contribution < 1.29 is 18.3 Å². The highest BCUT2D eigenvalue weighted by molar-refractivity contribution is 7.87. The van der Waals surface area contributed by atoms with Crippen molar-refractivity contribution in [1.82, 2.24) is 9.44 Å². The van der Waals surface area contributed by atoms with E-state index in [1.54, 1.807) is 0 Å². The maximum Gasteiger partial charge on any atom is 0.305 e. The predicted octanol–water partition coefficient (Wildman–Crippen LogP) is 0.320. The molecule has 3 N–H and O–H groups in total. The molecule has 0 unspecified atom stereocenters. The minimum atomic E-state index is -3.64. The van der Waals surface area contributed by atoms with Crippen LogP contribution in [0.5, 0.6) is 0 Å². The van der Waals surface area contributed by atoms with Gasteiger partial charge in [0.1, 0.15) is 0 Å². The van der Waals surface area contributed by atoms with Crippen LogP contribution < -0.4 is 9.44 Å². The zero-order chi connectivity index (χ0) is 13.0. The summed E-state index contributed by atoms with van der Waals surface area (Å²) in [5, 5.41) is 8.61. The van der Waals surface area contributed by atoms with Gasteiger partial charge in [-0.15, -0.1) is 0 Å². The van der Waals surface area contributed by atoms with Crippen LogP contribution in [-0.4, -0.2) is 31.6 Å². The Morgan fingerprint density at radius 3 is 2.25 bits per heavy atom. The van der Waals surface area contributed by atoms with Crippen LogP contribution in [0.2, 0.25) is 0 Å². The minimum absolute atomic E-state index is 0.194. The van der Waals surface area contributed by atoms with E-state index in [1.807, 2.05) is 13.8 Å². The van der Waals surface area contributed by atoms with Crippen LogP contribution in [0.1, 0.15) is 34.1 Å². The first-order valence-electron chi connectivity index (χ1n) is 5.04. The topological polar surface area (TPSA) is 95.5 Å². The first-order chi connectivity index (χ1) is 7.04. The number of hydrogen-bond donors (Lipinski definition) is 3. The number of carboxylic acid groups (broad SMARTS) is 1. The van der Waals surface area contributed by atoms with Gasteiger partial charge in [0, 0.05) is 12.1 Å². The second-order valence-corrected chi connectivity index (χ2v) is 6.30. The van der Waals surface area contributed by atoms with Crippen molar-refractivity contribution >= 4 is 16.2 Å². The van der Waals surface area contributed by atoms with Gasteiger partial charge in [-0.3, -0.25) is 4.79 Å². The molecule has 0 radical (unpaired) electrons. The molecule has 0 aliphatic carbocycles. The summed E-state index contributed by atoms with van der Waals surface area (Å²) in [6.07, 6.45) is -0.268. The quantitative estimate of drug-likeness (QED) is 0.608. The van der Waals surface area contributed by atoms with E-state index in [1.165, 1.54) is 13.8 Å². The van der Waals surface area contributed by atoms with E-state index in [4.69, 9.17) is 5.11 Å². The standard InChI is InChI=1S/C9H20N2O4S/c1-7(2)6-10-16(14,15)11-9(3,4)5-8(12)13/h7,10-11H,5-6H2,1-4H3,(H,12,13). The summed E-state index contributed by atoms with van der Waals surface area (Å²) < 4.78 is 27.7. The molecule has 16 heavy (non-hydrogen) atoms. The monoisotopic (exact) mass is 252 g/mol. The van der Waals surface area contributed by atoms with Crippen LogP contribution in [0.25, 0.3) is 0 Å². The van der Waals surface area contributed by atoms with Crippen molar-refractivity contribution in [2.24, 2.45) is 5.92 Å². The molecule has 96 valence electrons. The molecule has 0 amide bonds. The van der Waals surface area contributed by atoms with Gasteiger partial charge < -0.3 is 5.11 Å². The highest BCUT2D eigenvalue weighted by atomic mass is 32.2. The molecule has 0 rings (SSSR count). The molecule has 0 atom stereocenters. The van der Waals surface area contributed by atoms with Crippen molar-refractivity contribution in [1.29, 1.82) is 0 Å². The molecule has 0 aromatic rings. The number of hydrogen-bond acceptors (Lipinski definition) is 3. The Balaban J connectivity index is 4.40. The molecule has 6 nitrogen and oxygen atoms in total. The van der Waals surface area contributed by atoms with Crippen LogP contribution in [0.15, 0.2) is 0 Å². The molecular weight excluding hydrogens is 232 g/mol. The molecular formula is C9H20N2O4S. The normalized spacial score (nSPS) is 13.1. The Morgan fingerprint density at radius 1 is 1.38 bits per heavy atom. The van der Waals surface area contributed by atoms with E-state index in [-0.39, 0.29) is 12.3 Å². The Labute approximate surface area is 96.6 Å². The molecule has 0 bridgehead atoms. The first-order valence-corrected chi connectivity index (χ1v) is 6.53. The van der Waals surface area contributed by atoms with E-state index >= 15 is 0 Å². The van der Waals surface area contributed by atoms with Crippen molar-refractivity contribution in [3.05, 3.63) is 0 Å². The van der Waals surface area contributed by atoms with Gasteiger partial charge in [-0.25, -0.2) is 4.72 Å². The number of nitrogens with one attached hydrogen (secondary N) is 2. The van der Waals surface area contributed by atoms with Gasteiger partial charge in [0.25, 0.3) is 10.2 Å². The molecule has 0 heterocycles. The first kappa shape index (κ1) is 15.3. The van der Waals surface area contributed by atoms with Crippen molar-refractivity contribution in [2.75, 3.05) is 6.54 Å². The highest BCUT2D eigenvalue weighted by Crippen LogP contribution is 2.09. The summed E-state index contributed by atoms with van der Waals surface area (Å²) in [4.78, 5) is 10.5. The van der Waals surface area contributed by atoms with Crippen molar-refractivity contribution in [2.45, 2.75) is 39.7 Å². The second-order valence-electron chi connectivity index (χ2n) is 4.80. The number of rotatable bonds is 7. The molecule has 0 saturated carbocycles. The minimum Gasteiger partial charge on any atom is -0.481 e. The number of carbonyl (C=O) groups is 1. The fourth-order valence-electron chi connectivity index (χ4n) is 1.09. The molecule has 0 aliphatic heterocycles. The average molecular weight is 252 g/mol. The third kappa shape index (κ3) is 7.61. The van der Waals surface area contributed by atoms with Gasteiger partial charge >= 0.3 is 5.97 Å². The molecule has 0 aromatic carbocycles. The second kappa shape index (κ2) is 5.60.